The average Bonchev–Trinajstić information content (AvgIpc) is 2.37. The Morgan fingerprint density at radius 2 is 1.77 bits per heavy atom. The van der Waals surface area contributed by atoms with Crippen LogP contribution in [0, 0.1) is 10.1 Å². The summed E-state index contributed by atoms with van der Waals surface area (Å²) in [6, 6.07) is 4.94. The molecule has 0 bridgehead atoms. The van der Waals surface area contributed by atoms with Crippen molar-refractivity contribution >= 4 is 17.8 Å². The van der Waals surface area contributed by atoms with Crippen LogP contribution >= 0.6 is 0 Å². The predicted molar refractivity (Wildman–Crippen MR) is 75.5 cm³/mol. The Hall–Kier alpha value is -2.64. The third kappa shape index (κ3) is 6.69. The molecule has 0 heterocycles. The fourth-order valence-electron chi connectivity index (χ4n) is 1.37. The molecule has 0 radical (unpaired) electrons. The smallest absolute Gasteiger partial charge is 0.460 e. The Balaban J connectivity index is 2.34. The van der Waals surface area contributed by atoms with E-state index in [1.54, 1.807) is 20.8 Å². The third-order valence-corrected chi connectivity index (χ3v) is 2.19. The molecule has 120 valence electrons. The summed E-state index contributed by atoms with van der Waals surface area (Å²) in [6.45, 7) is 5.01. The van der Waals surface area contributed by atoms with Crippen molar-refractivity contribution in [1.82, 2.24) is 0 Å². The van der Waals surface area contributed by atoms with Crippen molar-refractivity contribution in [2.24, 2.45) is 0 Å². The maximum atomic E-state index is 11.4. The van der Waals surface area contributed by atoms with E-state index in [0.29, 0.717) is 0 Å². The molecule has 0 spiro atoms. The second-order valence-corrected chi connectivity index (χ2v) is 5.29. The van der Waals surface area contributed by atoms with E-state index < -0.39 is 22.6 Å². The van der Waals surface area contributed by atoms with Crippen molar-refractivity contribution in [3.63, 3.8) is 0 Å². The highest BCUT2D eigenvalue weighted by molar-refractivity contribution is 5.70. The molecule has 0 unspecified atom stereocenters. The first kappa shape index (κ1) is 17.4. The number of non-ortho nitro benzene ring substituents is 1. The van der Waals surface area contributed by atoms with E-state index in [9.17, 15) is 19.7 Å². The summed E-state index contributed by atoms with van der Waals surface area (Å²) in [5.74, 6) is -0.386. The van der Waals surface area contributed by atoms with E-state index in [1.807, 2.05) is 0 Å². The van der Waals surface area contributed by atoms with Crippen LogP contribution in [-0.4, -0.2) is 29.3 Å². The van der Waals surface area contributed by atoms with Gasteiger partial charge in [0.1, 0.15) is 18.0 Å². The molecule has 1 rings (SSSR count). The lowest BCUT2D eigenvalue weighted by molar-refractivity contribution is -0.384. The predicted octanol–water partition coefficient (Wildman–Crippen LogP) is 2.84. The first-order valence-electron chi connectivity index (χ1n) is 6.48. The Bertz CT molecular complexity index is 545. The summed E-state index contributed by atoms with van der Waals surface area (Å²) >= 11 is 0. The summed E-state index contributed by atoms with van der Waals surface area (Å²) in [5, 5.41) is 10.5. The van der Waals surface area contributed by atoms with E-state index in [4.69, 9.17) is 14.2 Å². The number of carbonyl (C=O) groups excluding carboxylic acids is 2. The molecular weight excluding hydrogens is 294 g/mol. The summed E-state index contributed by atoms with van der Waals surface area (Å²) in [7, 11) is 0. The monoisotopic (exact) mass is 311 g/mol. The van der Waals surface area contributed by atoms with Gasteiger partial charge in [0.2, 0.25) is 0 Å². The van der Waals surface area contributed by atoms with Crippen LogP contribution < -0.4 is 4.74 Å². The summed E-state index contributed by atoms with van der Waals surface area (Å²) in [6.07, 6.45) is -1.09. The molecule has 8 heteroatoms. The molecule has 8 nitrogen and oxygen atoms in total. The molecule has 0 aromatic heterocycles. The topological polar surface area (TPSA) is 105 Å². The highest BCUT2D eigenvalue weighted by atomic mass is 16.7. The van der Waals surface area contributed by atoms with Gasteiger partial charge in [-0.15, -0.1) is 0 Å². The van der Waals surface area contributed by atoms with E-state index in [-0.39, 0.29) is 24.5 Å². The number of nitro groups is 1. The Labute approximate surface area is 127 Å². The highest BCUT2D eigenvalue weighted by Gasteiger charge is 2.17. The SMILES string of the molecule is CC(C)(C)OC(=O)CCOC(=O)Oc1ccc([N+](=O)[O-])cc1. The minimum absolute atomic E-state index is 0.0906. The minimum atomic E-state index is -1.00. The van der Waals surface area contributed by atoms with Crippen LogP contribution in [0.5, 0.6) is 5.75 Å². The maximum absolute atomic E-state index is 11.4. The van der Waals surface area contributed by atoms with Crippen molar-refractivity contribution in [3.05, 3.63) is 34.4 Å². The van der Waals surface area contributed by atoms with Gasteiger partial charge in [0.15, 0.2) is 0 Å². The van der Waals surface area contributed by atoms with Crippen LogP contribution in [0.15, 0.2) is 24.3 Å². The van der Waals surface area contributed by atoms with Gasteiger partial charge in [0, 0.05) is 12.1 Å². The molecule has 0 aliphatic carbocycles. The second-order valence-electron chi connectivity index (χ2n) is 5.29. The minimum Gasteiger partial charge on any atom is -0.460 e. The van der Waals surface area contributed by atoms with Crippen molar-refractivity contribution in [3.8, 4) is 5.75 Å². The number of hydrogen-bond donors (Lipinski definition) is 0. The Morgan fingerprint density at radius 1 is 1.18 bits per heavy atom. The van der Waals surface area contributed by atoms with Crippen LogP contribution in [0.25, 0.3) is 0 Å². The van der Waals surface area contributed by atoms with Crippen molar-refractivity contribution < 1.29 is 28.7 Å². The molecule has 0 aliphatic heterocycles. The van der Waals surface area contributed by atoms with Gasteiger partial charge in [-0.3, -0.25) is 14.9 Å². The number of hydrogen-bond acceptors (Lipinski definition) is 7. The van der Waals surface area contributed by atoms with Gasteiger partial charge in [0.05, 0.1) is 11.3 Å². The highest BCUT2D eigenvalue weighted by Crippen LogP contribution is 2.17. The summed E-state index contributed by atoms with van der Waals surface area (Å²) < 4.78 is 14.5. The van der Waals surface area contributed by atoms with Gasteiger partial charge in [-0.05, 0) is 32.9 Å². The van der Waals surface area contributed by atoms with Gasteiger partial charge in [-0.1, -0.05) is 0 Å². The molecule has 1 aromatic rings. The van der Waals surface area contributed by atoms with E-state index in [1.165, 1.54) is 24.3 Å². The zero-order valence-electron chi connectivity index (χ0n) is 12.5. The number of esters is 1. The number of carbonyl (C=O) groups is 2. The first-order valence-corrected chi connectivity index (χ1v) is 6.48. The van der Waals surface area contributed by atoms with Gasteiger partial charge >= 0.3 is 12.1 Å². The zero-order chi connectivity index (χ0) is 16.8. The normalized spacial score (nSPS) is 10.7. The number of benzene rings is 1. The lowest BCUT2D eigenvalue weighted by atomic mass is 10.2. The van der Waals surface area contributed by atoms with Crippen LogP contribution in [0.1, 0.15) is 27.2 Å². The number of rotatable bonds is 5. The van der Waals surface area contributed by atoms with Crippen molar-refractivity contribution in [2.75, 3.05) is 6.61 Å². The molecule has 0 aliphatic rings. The van der Waals surface area contributed by atoms with Crippen LogP contribution in [0.4, 0.5) is 10.5 Å². The van der Waals surface area contributed by atoms with E-state index >= 15 is 0 Å². The van der Waals surface area contributed by atoms with E-state index in [2.05, 4.69) is 0 Å². The van der Waals surface area contributed by atoms with Crippen molar-refractivity contribution in [2.45, 2.75) is 32.8 Å². The molecular formula is C14H17NO7. The zero-order valence-corrected chi connectivity index (χ0v) is 12.5. The molecule has 0 saturated carbocycles. The first-order chi connectivity index (χ1) is 10.2. The molecule has 0 amide bonds. The molecule has 0 saturated heterocycles. The average molecular weight is 311 g/mol. The number of nitrogens with zero attached hydrogens (tertiary/aromatic N) is 1. The number of ether oxygens (including phenoxy) is 3. The Kier molecular flexibility index (Phi) is 5.85. The van der Waals surface area contributed by atoms with Gasteiger partial charge in [0.25, 0.3) is 5.69 Å². The Morgan fingerprint density at radius 3 is 2.27 bits per heavy atom. The summed E-state index contributed by atoms with van der Waals surface area (Å²) in [4.78, 5) is 32.7. The van der Waals surface area contributed by atoms with Gasteiger partial charge in [-0.2, -0.15) is 0 Å². The van der Waals surface area contributed by atoms with Crippen molar-refractivity contribution in [1.29, 1.82) is 0 Å². The number of nitro benzene ring substituents is 1. The fourth-order valence-corrected chi connectivity index (χ4v) is 1.37. The second kappa shape index (κ2) is 7.39. The largest absolute Gasteiger partial charge is 0.513 e. The fraction of sp³-hybridized carbons (Fsp3) is 0.429. The maximum Gasteiger partial charge on any atom is 0.513 e. The molecule has 1 aromatic carbocycles. The van der Waals surface area contributed by atoms with Crippen LogP contribution in [0.2, 0.25) is 0 Å². The molecule has 0 atom stereocenters. The van der Waals surface area contributed by atoms with E-state index in [0.717, 1.165) is 0 Å². The summed E-state index contributed by atoms with van der Waals surface area (Å²) in [5.41, 5.74) is -0.721. The standard InChI is InChI=1S/C14H17NO7/c1-14(2,3)22-12(16)8-9-20-13(17)21-11-6-4-10(5-7-11)15(18)19/h4-7H,8-9H2,1-3H3. The lowest BCUT2D eigenvalue weighted by Crippen LogP contribution is -2.25. The molecule has 0 N–H and O–H groups in total. The van der Waals surface area contributed by atoms with Gasteiger partial charge < -0.3 is 14.2 Å². The third-order valence-electron chi connectivity index (χ3n) is 2.19. The van der Waals surface area contributed by atoms with Crippen LogP contribution in [0.3, 0.4) is 0 Å². The van der Waals surface area contributed by atoms with Gasteiger partial charge in [-0.25, -0.2) is 4.79 Å². The lowest BCUT2D eigenvalue weighted by Gasteiger charge is -2.19. The quantitative estimate of drug-likeness (QED) is 0.356. The molecule has 0 fully saturated rings. The molecule has 22 heavy (non-hydrogen) atoms. The van der Waals surface area contributed by atoms with Crippen LogP contribution in [-0.2, 0) is 14.3 Å².